The Hall–Kier alpha value is -2.08. The lowest BCUT2D eigenvalue weighted by molar-refractivity contribution is -0.136. The summed E-state index contributed by atoms with van der Waals surface area (Å²) in [6, 6.07) is 9.51. The van der Waals surface area contributed by atoms with Crippen molar-refractivity contribution in [3.63, 3.8) is 0 Å². The quantitative estimate of drug-likeness (QED) is 0.820. The Bertz CT molecular complexity index is 803. The number of carbonyl (C=O) groups excluding carboxylic acids is 2. The van der Waals surface area contributed by atoms with E-state index in [4.69, 9.17) is 0 Å². The van der Waals surface area contributed by atoms with Gasteiger partial charge in [-0.15, -0.1) is 0 Å². The molecule has 0 saturated carbocycles. The summed E-state index contributed by atoms with van der Waals surface area (Å²) in [5, 5.41) is 4.77. The fourth-order valence-electron chi connectivity index (χ4n) is 3.27. The molecule has 6 heteroatoms. The lowest BCUT2D eigenvalue weighted by Gasteiger charge is -2.29. The molecule has 5 nitrogen and oxygen atoms in total. The number of aryl methyl sites for hydroxylation is 1. The van der Waals surface area contributed by atoms with E-state index in [0.29, 0.717) is 0 Å². The summed E-state index contributed by atoms with van der Waals surface area (Å²) in [5.41, 5.74) is 2.08. The highest BCUT2D eigenvalue weighted by Gasteiger charge is 2.23. The molecular formula is C20H25N3O2S. The molecule has 0 aliphatic carbocycles. The van der Waals surface area contributed by atoms with Crippen molar-refractivity contribution in [2.24, 2.45) is 0 Å². The van der Waals surface area contributed by atoms with Crippen LogP contribution in [0, 0.1) is 6.92 Å². The smallest absolute Gasteiger partial charge is 0.244 e. The summed E-state index contributed by atoms with van der Waals surface area (Å²) in [6.07, 6.45) is 3.28. The maximum Gasteiger partial charge on any atom is 0.244 e. The highest BCUT2D eigenvalue weighted by molar-refractivity contribution is 7.99. The molecule has 0 bridgehead atoms. The van der Waals surface area contributed by atoms with Gasteiger partial charge in [0.25, 0.3) is 0 Å². The van der Waals surface area contributed by atoms with Crippen LogP contribution in [-0.2, 0) is 9.59 Å². The number of fused-ring (bicyclic) bond motifs is 1. The number of carbonyl (C=O) groups is 2. The van der Waals surface area contributed by atoms with Crippen LogP contribution in [0.15, 0.2) is 35.4 Å². The summed E-state index contributed by atoms with van der Waals surface area (Å²) in [7, 11) is 0. The first kappa shape index (κ1) is 18.7. The van der Waals surface area contributed by atoms with Gasteiger partial charge in [0.2, 0.25) is 11.8 Å². The number of rotatable bonds is 5. The predicted molar refractivity (Wildman–Crippen MR) is 105 cm³/mol. The van der Waals surface area contributed by atoms with E-state index in [9.17, 15) is 9.59 Å². The van der Waals surface area contributed by atoms with Gasteiger partial charge >= 0.3 is 0 Å². The standard InChI is InChI=1S/C20H25N3O2S/c1-14-12-19(22-17-9-5-4-8-16(14)17)26-13-18(24)21-15(2)20(25)23-10-6-3-7-11-23/h4-5,8-9,12,15H,3,6-7,10-11,13H2,1-2H3,(H,21,24). The fourth-order valence-corrected chi connectivity index (χ4v) is 4.05. The van der Waals surface area contributed by atoms with Crippen LogP contribution in [0.25, 0.3) is 10.9 Å². The van der Waals surface area contributed by atoms with E-state index >= 15 is 0 Å². The average molecular weight is 372 g/mol. The molecule has 1 aliphatic heterocycles. The molecule has 1 fully saturated rings. The lowest BCUT2D eigenvalue weighted by Crippen LogP contribution is -2.48. The maximum absolute atomic E-state index is 12.4. The minimum absolute atomic E-state index is 0.0164. The Morgan fingerprint density at radius 1 is 1.23 bits per heavy atom. The molecule has 1 N–H and O–H groups in total. The van der Waals surface area contributed by atoms with Crippen molar-refractivity contribution < 1.29 is 9.59 Å². The third kappa shape index (κ3) is 4.55. The van der Waals surface area contributed by atoms with E-state index in [1.807, 2.05) is 42.2 Å². The zero-order valence-electron chi connectivity index (χ0n) is 15.3. The van der Waals surface area contributed by atoms with Crippen LogP contribution in [0.1, 0.15) is 31.7 Å². The van der Waals surface area contributed by atoms with Crippen molar-refractivity contribution in [2.75, 3.05) is 18.8 Å². The van der Waals surface area contributed by atoms with Crippen molar-refractivity contribution in [1.82, 2.24) is 15.2 Å². The number of para-hydroxylation sites is 1. The first-order valence-electron chi connectivity index (χ1n) is 9.12. The molecule has 138 valence electrons. The van der Waals surface area contributed by atoms with Crippen molar-refractivity contribution >= 4 is 34.5 Å². The maximum atomic E-state index is 12.4. The Balaban J connectivity index is 1.54. The number of piperidine rings is 1. The van der Waals surface area contributed by atoms with Gasteiger partial charge in [-0.25, -0.2) is 4.98 Å². The van der Waals surface area contributed by atoms with Crippen molar-refractivity contribution in [1.29, 1.82) is 0 Å². The molecule has 1 saturated heterocycles. The lowest BCUT2D eigenvalue weighted by atomic mass is 10.1. The number of nitrogens with one attached hydrogen (secondary N) is 1. The van der Waals surface area contributed by atoms with E-state index in [-0.39, 0.29) is 17.6 Å². The van der Waals surface area contributed by atoms with Gasteiger partial charge in [0.05, 0.1) is 16.3 Å². The third-order valence-electron chi connectivity index (χ3n) is 4.67. The Kier molecular flexibility index (Phi) is 6.14. The van der Waals surface area contributed by atoms with Gasteiger partial charge in [-0.3, -0.25) is 9.59 Å². The van der Waals surface area contributed by atoms with Gasteiger partial charge in [0.15, 0.2) is 0 Å². The monoisotopic (exact) mass is 371 g/mol. The summed E-state index contributed by atoms with van der Waals surface area (Å²) in [5.74, 6) is 0.130. The van der Waals surface area contributed by atoms with Crippen LogP contribution in [-0.4, -0.2) is 46.6 Å². The van der Waals surface area contributed by atoms with Gasteiger partial charge < -0.3 is 10.2 Å². The second kappa shape index (κ2) is 8.54. The number of nitrogens with zero attached hydrogens (tertiary/aromatic N) is 2. The van der Waals surface area contributed by atoms with Gasteiger partial charge in [-0.2, -0.15) is 0 Å². The van der Waals surface area contributed by atoms with Crippen LogP contribution in [0.4, 0.5) is 0 Å². The van der Waals surface area contributed by atoms with Gasteiger partial charge in [-0.1, -0.05) is 30.0 Å². The van der Waals surface area contributed by atoms with E-state index in [0.717, 1.165) is 47.4 Å². The number of aromatic nitrogens is 1. The average Bonchev–Trinajstić information content (AvgIpc) is 2.66. The van der Waals surface area contributed by atoms with Gasteiger partial charge in [-0.05, 0) is 50.8 Å². The highest BCUT2D eigenvalue weighted by Crippen LogP contribution is 2.23. The zero-order chi connectivity index (χ0) is 18.5. The molecule has 1 aliphatic rings. The van der Waals surface area contributed by atoms with Crippen molar-refractivity contribution in [2.45, 2.75) is 44.2 Å². The van der Waals surface area contributed by atoms with Gasteiger partial charge in [0, 0.05) is 18.5 Å². The van der Waals surface area contributed by atoms with E-state index in [1.165, 1.54) is 18.2 Å². The zero-order valence-corrected chi connectivity index (χ0v) is 16.1. The molecule has 2 heterocycles. The van der Waals surface area contributed by atoms with E-state index in [1.54, 1.807) is 6.92 Å². The largest absolute Gasteiger partial charge is 0.344 e. The number of pyridine rings is 1. The van der Waals surface area contributed by atoms with E-state index in [2.05, 4.69) is 10.3 Å². The number of hydrogen-bond donors (Lipinski definition) is 1. The summed E-state index contributed by atoms with van der Waals surface area (Å²) in [6.45, 7) is 5.41. The molecule has 3 rings (SSSR count). The van der Waals surface area contributed by atoms with E-state index < -0.39 is 6.04 Å². The SMILES string of the molecule is Cc1cc(SCC(=O)NC(C)C(=O)N2CCCCC2)nc2ccccc12. The fraction of sp³-hybridized carbons (Fsp3) is 0.450. The molecule has 1 aromatic carbocycles. The Morgan fingerprint density at radius 3 is 2.73 bits per heavy atom. The molecule has 0 spiro atoms. The first-order valence-corrected chi connectivity index (χ1v) is 10.1. The highest BCUT2D eigenvalue weighted by atomic mass is 32.2. The second-order valence-electron chi connectivity index (χ2n) is 6.76. The van der Waals surface area contributed by atoms with Crippen LogP contribution < -0.4 is 5.32 Å². The molecule has 1 unspecified atom stereocenters. The molecule has 2 aromatic rings. The number of likely N-dealkylation sites (tertiary alicyclic amines) is 1. The summed E-state index contributed by atoms with van der Waals surface area (Å²) >= 11 is 1.40. The van der Waals surface area contributed by atoms with Crippen LogP contribution in [0.3, 0.4) is 0 Å². The minimum Gasteiger partial charge on any atom is -0.344 e. The predicted octanol–water partition coefficient (Wildman–Crippen LogP) is 3.15. The Morgan fingerprint density at radius 2 is 1.96 bits per heavy atom. The number of amides is 2. The molecule has 2 amide bonds. The summed E-state index contributed by atoms with van der Waals surface area (Å²) < 4.78 is 0. The molecule has 26 heavy (non-hydrogen) atoms. The summed E-state index contributed by atoms with van der Waals surface area (Å²) in [4.78, 5) is 31.1. The van der Waals surface area contributed by atoms with Crippen LogP contribution in [0.5, 0.6) is 0 Å². The molecular weight excluding hydrogens is 346 g/mol. The van der Waals surface area contributed by atoms with Crippen LogP contribution >= 0.6 is 11.8 Å². The van der Waals surface area contributed by atoms with Crippen LogP contribution in [0.2, 0.25) is 0 Å². The van der Waals surface area contributed by atoms with Crippen molar-refractivity contribution in [3.8, 4) is 0 Å². The molecule has 1 aromatic heterocycles. The first-order chi connectivity index (χ1) is 12.5. The number of thioether (sulfide) groups is 1. The minimum atomic E-state index is -0.479. The number of hydrogen-bond acceptors (Lipinski definition) is 4. The molecule has 0 radical (unpaired) electrons. The molecule has 1 atom stereocenters. The normalized spacial score (nSPS) is 15.7. The van der Waals surface area contributed by atoms with Gasteiger partial charge in [0.1, 0.15) is 6.04 Å². The third-order valence-corrected chi connectivity index (χ3v) is 5.58. The van der Waals surface area contributed by atoms with Crippen molar-refractivity contribution in [3.05, 3.63) is 35.9 Å². The Labute approximate surface area is 158 Å². The second-order valence-corrected chi connectivity index (χ2v) is 7.75. The topological polar surface area (TPSA) is 62.3 Å². The number of benzene rings is 1.